The van der Waals surface area contributed by atoms with E-state index in [-0.39, 0.29) is 18.2 Å². The van der Waals surface area contributed by atoms with Crippen LogP contribution in [0.3, 0.4) is 0 Å². The summed E-state index contributed by atoms with van der Waals surface area (Å²) in [6.45, 7) is 1.98. The second kappa shape index (κ2) is 5.47. The summed E-state index contributed by atoms with van der Waals surface area (Å²) in [4.78, 5) is 23.7. The molecule has 0 radical (unpaired) electrons. The average Bonchev–Trinajstić information content (AvgIpc) is 2.77. The minimum absolute atomic E-state index is 0.114. The van der Waals surface area contributed by atoms with Crippen LogP contribution in [0.2, 0.25) is 0 Å². The summed E-state index contributed by atoms with van der Waals surface area (Å²) in [5.74, 6) is -0.719. The van der Waals surface area contributed by atoms with Crippen molar-refractivity contribution in [2.45, 2.75) is 0 Å². The zero-order valence-electron chi connectivity index (χ0n) is 10.3. The number of anilines is 1. The molecule has 0 bridgehead atoms. The van der Waals surface area contributed by atoms with Crippen LogP contribution >= 0.6 is 0 Å². The van der Waals surface area contributed by atoms with Crippen molar-refractivity contribution in [2.75, 3.05) is 32.0 Å². The number of ether oxygens (including phenoxy) is 1. The first kappa shape index (κ1) is 13.0. The van der Waals surface area contributed by atoms with Crippen LogP contribution in [0.5, 0.6) is 5.75 Å². The monoisotopic (exact) mass is 265 g/mol. The first-order valence-corrected chi connectivity index (χ1v) is 5.86. The van der Waals surface area contributed by atoms with Gasteiger partial charge in [0.1, 0.15) is 12.4 Å². The Balaban J connectivity index is 1.93. The maximum Gasteiger partial charge on any atom is 0.335 e. The highest BCUT2D eigenvalue weighted by atomic mass is 16.5. The summed E-state index contributed by atoms with van der Waals surface area (Å²) in [6.07, 6.45) is 0. The summed E-state index contributed by atoms with van der Waals surface area (Å²) in [6, 6.07) is 4.16. The van der Waals surface area contributed by atoms with Crippen LogP contribution in [-0.4, -0.2) is 48.2 Å². The molecule has 2 rings (SSSR count). The molecule has 7 heteroatoms. The van der Waals surface area contributed by atoms with Crippen LogP contribution in [0.25, 0.3) is 0 Å². The van der Waals surface area contributed by atoms with Gasteiger partial charge in [-0.1, -0.05) is 0 Å². The molecule has 2 amide bonds. The third kappa shape index (κ3) is 3.06. The zero-order chi connectivity index (χ0) is 13.8. The Morgan fingerprint density at radius 3 is 2.95 bits per heavy atom. The van der Waals surface area contributed by atoms with E-state index in [1.165, 1.54) is 18.2 Å². The van der Waals surface area contributed by atoms with Crippen molar-refractivity contribution in [1.29, 1.82) is 0 Å². The number of rotatable bonds is 5. The van der Waals surface area contributed by atoms with Gasteiger partial charge in [-0.15, -0.1) is 0 Å². The van der Waals surface area contributed by atoms with Crippen LogP contribution in [0, 0.1) is 0 Å². The second-order valence-corrected chi connectivity index (χ2v) is 4.13. The maximum absolute atomic E-state index is 11.3. The van der Waals surface area contributed by atoms with Gasteiger partial charge in [-0.3, -0.25) is 0 Å². The minimum atomic E-state index is -1.04. The van der Waals surface area contributed by atoms with E-state index in [1.807, 2.05) is 0 Å². The van der Waals surface area contributed by atoms with Crippen LogP contribution in [-0.2, 0) is 0 Å². The number of nitrogens with two attached hydrogens (primary N) is 1. The molecule has 102 valence electrons. The highest BCUT2D eigenvalue weighted by molar-refractivity contribution is 5.89. The molecule has 19 heavy (non-hydrogen) atoms. The van der Waals surface area contributed by atoms with Gasteiger partial charge in [0.25, 0.3) is 0 Å². The quantitative estimate of drug-likeness (QED) is 0.667. The van der Waals surface area contributed by atoms with E-state index < -0.39 is 5.97 Å². The number of hydrogen-bond acceptors (Lipinski definition) is 4. The summed E-state index contributed by atoms with van der Waals surface area (Å²) in [7, 11) is 0. The maximum atomic E-state index is 11.3. The Bertz CT molecular complexity index is 504. The fraction of sp³-hybridized carbons (Fsp3) is 0.333. The van der Waals surface area contributed by atoms with Gasteiger partial charge in [0, 0.05) is 13.1 Å². The number of hydrogen-bond donors (Lipinski definition) is 3. The predicted octanol–water partition coefficient (Wildman–Crippen LogP) is 0.371. The van der Waals surface area contributed by atoms with E-state index in [4.69, 9.17) is 15.6 Å². The number of carboxylic acids is 1. The highest BCUT2D eigenvalue weighted by Gasteiger charge is 2.18. The smallest absolute Gasteiger partial charge is 0.335 e. The summed E-state index contributed by atoms with van der Waals surface area (Å²) in [5.41, 5.74) is 6.19. The fourth-order valence-corrected chi connectivity index (χ4v) is 1.78. The molecule has 4 N–H and O–H groups in total. The van der Waals surface area contributed by atoms with Crippen LogP contribution in [0.15, 0.2) is 18.2 Å². The Labute approximate surface area is 109 Å². The molecule has 0 aliphatic carbocycles. The lowest BCUT2D eigenvalue weighted by Crippen LogP contribution is -2.31. The zero-order valence-corrected chi connectivity index (χ0v) is 10.3. The largest absolute Gasteiger partial charge is 0.490 e. The molecule has 7 nitrogen and oxygen atoms in total. The van der Waals surface area contributed by atoms with E-state index in [9.17, 15) is 9.59 Å². The molecule has 1 heterocycles. The van der Waals surface area contributed by atoms with E-state index in [2.05, 4.69) is 5.32 Å². The average molecular weight is 265 g/mol. The fourth-order valence-electron chi connectivity index (χ4n) is 1.78. The molecule has 1 aliphatic heterocycles. The first-order chi connectivity index (χ1) is 9.08. The number of urea groups is 1. The molecule has 0 aromatic heterocycles. The number of nitrogens with zero attached hydrogens (tertiary/aromatic N) is 1. The normalized spacial score (nSPS) is 14.3. The van der Waals surface area contributed by atoms with Crippen LogP contribution < -0.4 is 15.8 Å². The third-order valence-corrected chi connectivity index (χ3v) is 2.82. The first-order valence-electron chi connectivity index (χ1n) is 5.86. The van der Waals surface area contributed by atoms with Crippen molar-refractivity contribution in [3.8, 4) is 5.75 Å². The summed E-state index contributed by atoms with van der Waals surface area (Å²) in [5, 5.41) is 11.6. The molecule has 0 unspecified atom stereocenters. The Morgan fingerprint density at radius 2 is 2.32 bits per heavy atom. The number of carbonyl (C=O) groups is 2. The van der Waals surface area contributed by atoms with Crippen LogP contribution in [0.4, 0.5) is 10.5 Å². The molecule has 0 spiro atoms. The van der Waals surface area contributed by atoms with Crippen molar-refractivity contribution in [3.05, 3.63) is 23.8 Å². The van der Waals surface area contributed by atoms with Gasteiger partial charge in [-0.05, 0) is 18.2 Å². The van der Waals surface area contributed by atoms with E-state index in [0.29, 0.717) is 31.1 Å². The standard InChI is InChI=1S/C12H15N3O4/c13-9-2-1-8(11(16)17)7-10(9)19-6-5-15-4-3-14-12(15)18/h1-2,7H,3-6,13H2,(H,14,18)(H,16,17). The Morgan fingerprint density at radius 1 is 1.53 bits per heavy atom. The van der Waals surface area contributed by atoms with Crippen molar-refractivity contribution < 1.29 is 19.4 Å². The molecule has 1 aromatic rings. The van der Waals surface area contributed by atoms with Gasteiger partial charge in [0.15, 0.2) is 0 Å². The number of nitrogen functional groups attached to an aromatic ring is 1. The van der Waals surface area contributed by atoms with Gasteiger partial charge in [-0.2, -0.15) is 0 Å². The molecule has 1 saturated heterocycles. The van der Waals surface area contributed by atoms with Crippen molar-refractivity contribution in [2.24, 2.45) is 0 Å². The molecule has 1 aliphatic rings. The molecule has 0 saturated carbocycles. The lowest BCUT2D eigenvalue weighted by Gasteiger charge is -2.15. The number of nitrogens with one attached hydrogen (secondary N) is 1. The second-order valence-electron chi connectivity index (χ2n) is 4.13. The number of benzene rings is 1. The number of carbonyl (C=O) groups excluding carboxylic acids is 1. The van der Waals surface area contributed by atoms with Crippen LogP contribution in [0.1, 0.15) is 10.4 Å². The Kier molecular flexibility index (Phi) is 3.74. The Hall–Kier alpha value is -2.44. The summed E-state index contributed by atoms with van der Waals surface area (Å²) >= 11 is 0. The highest BCUT2D eigenvalue weighted by Crippen LogP contribution is 2.22. The lowest BCUT2D eigenvalue weighted by molar-refractivity contribution is 0.0696. The van der Waals surface area contributed by atoms with Gasteiger partial charge < -0.3 is 25.8 Å². The lowest BCUT2D eigenvalue weighted by atomic mass is 10.2. The van der Waals surface area contributed by atoms with Gasteiger partial charge >= 0.3 is 12.0 Å². The predicted molar refractivity (Wildman–Crippen MR) is 68.3 cm³/mol. The minimum Gasteiger partial charge on any atom is -0.490 e. The topological polar surface area (TPSA) is 105 Å². The number of aromatic carboxylic acids is 1. The third-order valence-electron chi connectivity index (χ3n) is 2.82. The molecule has 0 atom stereocenters. The van der Waals surface area contributed by atoms with E-state index >= 15 is 0 Å². The van der Waals surface area contributed by atoms with Crippen molar-refractivity contribution >= 4 is 17.7 Å². The van der Waals surface area contributed by atoms with Gasteiger partial charge in [0.05, 0.1) is 17.8 Å². The summed E-state index contributed by atoms with van der Waals surface area (Å²) < 4.78 is 5.43. The van der Waals surface area contributed by atoms with Gasteiger partial charge in [0.2, 0.25) is 0 Å². The molecule has 1 aromatic carbocycles. The number of amides is 2. The van der Waals surface area contributed by atoms with Crippen molar-refractivity contribution in [1.82, 2.24) is 10.2 Å². The molecular weight excluding hydrogens is 250 g/mol. The molecular formula is C12H15N3O4. The van der Waals surface area contributed by atoms with E-state index in [0.717, 1.165) is 0 Å². The number of carboxylic acid groups (broad SMARTS) is 1. The van der Waals surface area contributed by atoms with Gasteiger partial charge in [-0.25, -0.2) is 9.59 Å². The van der Waals surface area contributed by atoms with Crippen molar-refractivity contribution in [3.63, 3.8) is 0 Å². The SMILES string of the molecule is Nc1ccc(C(=O)O)cc1OCCN1CCNC1=O. The van der Waals surface area contributed by atoms with E-state index in [1.54, 1.807) is 4.90 Å². The molecule has 1 fully saturated rings.